The molecule has 1 aromatic heterocycles. The molecule has 190 valence electrons. The summed E-state index contributed by atoms with van der Waals surface area (Å²) < 4.78 is 45.0. The number of carbonyl (C=O) groups excluding carboxylic acids is 1. The number of thiazole rings is 1. The molecule has 38 heavy (non-hydrogen) atoms. The van der Waals surface area contributed by atoms with Gasteiger partial charge in [0.05, 0.1) is 17.3 Å². The van der Waals surface area contributed by atoms with Crippen LogP contribution in [0.15, 0.2) is 101 Å². The third-order valence-electron chi connectivity index (χ3n) is 6.15. The van der Waals surface area contributed by atoms with Crippen LogP contribution < -0.4 is 4.80 Å². The number of aromatic nitrogens is 1. The van der Waals surface area contributed by atoms with Gasteiger partial charge in [-0.1, -0.05) is 66.2 Å². The summed E-state index contributed by atoms with van der Waals surface area (Å²) in [6, 6.07) is 23.9. The van der Waals surface area contributed by atoms with Crippen LogP contribution in [0.1, 0.15) is 18.4 Å². The Kier molecular flexibility index (Phi) is 7.31. The lowest BCUT2D eigenvalue weighted by atomic mass is 9.96. The van der Waals surface area contributed by atoms with Crippen molar-refractivity contribution < 1.29 is 18.0 Å². The van der Waals surface area contributed by atoms with Gasteiger partial charge >= 0.3 is 0 Å². The Morgan fingerprint density at radius 3 is 2.29 bits per heavy atom. The summed E-state index contributed by atoms with van der Waals surface area (Å²) in [5, 5.41) is 2.26. The lowest BCUT2D eigenvalue weighted by Gasteiger charge is -2.12. The van der Waals surface area contributed by atoms with E-state index in [0.29, 0.717) is 27.4 Å². The van der Waals surface area contributed by atoms with Crippen LogP contribution >= 0.6 is 22.9 Å². The van der Waals surface area contributed by atoms with E-state index in [-0.39, 0.29) is 10.5 Å². The fraction of sp³-hybridized carbons (Fsp3) is 0.0667. The normalized spacial score (nSPS) is 12.5. The van der Waals surface area contributed by atoms with Gasteiger partial charge in [-0.05, 0) is 53.9 Å². The maximum atomic E-state index is 14.9. The van der Waals surface area contributed by atoms with Crippen LogP contribution in [-0.4, -0.2) is 10.5 Å². The summed E-state index contributed by atoms with van der Waals surface area (Å²) in [6.45, 7) is 1.64. The van der Waals surface area contributed by atoms with Gasteiger partial charge in [0, 0.05) is 22.0 Å². The van der Waals surface area contributed by atoms with Crippen molar-refractivity contribution in [1.29, 1.82) is 0 Å². The largest absolute Gasteiger partial charge is 0.282 e. The molecular formula is C30H20ClF3N2OS. The van der Waals surface area contributed by atoms with Crippen LogP contribution in [0.5, 0.6) is 0 Å². The molecule has 1 unspecified atom stereocenters. The van der Waals surface area contributed by atoms with Gasteiger partial charge in [0.15, 0.2) is 4.80 Å². The molecule has 0 aliphatic rings. The van der Waals surface area contributed by atoms with E-state index in [9.17, 15) is 18.0 Å². The highest BCUT2D eigenvalue weighted by Crippen LogP contribution is 2.28. The summed E-state index contributed by atoms with van der Waals surface area (Å²) in [5.74, 6) is -3.27. The average Bonchev–Trinajstić information content (AvgIpc) is 3.32. The zero-order valence-corrected chi connectivity index (χ0v) is 21.6. The molecule has 3 nitrogen and oxygen atoms in total. The van der Waals surface area contributed by atoms with E-state index in [1.165, 1.54) is 16.7 Å². The third kappa shape index (κ3) is 5.21. The van der Waals surface area contributed by atoms with Crippen molar-refractivity contribution in [2.24, 2.45) is 4.99 Å². The molecule has 0 bridgehead atoms. The number of benzene rings is 4. The molecule has 4 aromatic carbocycles. The van der Waals surface area contributed by atoms with Gasteiger partial charge < -0.3 is 0 Å². The van der Waals surface area contributed by atoms with Gasteiger partial charge in [-0.3, -0.25) is 9.36 Å². The van der Waals surface area contributed by atoms with Crippen molar-refractivity contribution in [3.63, 3.8) is 0 Å². The number of carbonyl (C=O) groups is 1. The number of nitrogens with zero attached hydrogens (tertiary/aromatic N) is 2. The van der Waals surface area contributed by atoms with Gasteiger partial charge in [-0.15, -0.1) is 11.3 Å². The van der Waals surface area contributed by atoms with Gasteiger partial charge in [0.1, 0.15) is 17.5 Å². The molecule has 0 spiro atoms. The summed E-state index contributed by atoms with van der Waals surface area (Å²) in [4.78, 5) is 17.7. The molecule has 0 radical (unpaired) electrons. The standard InChI is InChI=1S/C30H20ClF3N2OS/c1-18(21-9-13-24(25(33)15-21)19-5-3-2-4-6-19)29(37)35-30-36(27-14-12-23(32)16-26(27)34)28(17-38-30)20-7-10-22(31)11-8-20/h2-18H,1H3. The smallest absolute Gasteiger partial charge is 0.255 e. The van der Waals surface area contributed by atoms with Crippen molar-refractivity contribution in [3.05, 3.63) is 129 Å². The molecule has 1 amide bonds. The maximum Gasteiger partial charge on any atom is 0.255 e. The van der Waals surface area contributed by atoms with Crippen LogP contribution in [0.25, 0.3) is 28.1 Å². The van der Waals surface area contributed by atoms with E-state index in [1.54, 1.807) is 48.7 Å². The van der Waals surface area contributed by atoms with E-state index < -0.39 is 29.3 Å². The van der Waals surface area contributed by atoms with E-state index in [2.05, 4.69) is 4.99 Å². The fourth-order valence-electron chi connectivity index (χ4n) is 4.09. The topological polar surface area (TPSA) is 34.4 Å². The van der Waals surface area contributed by atoms with Gasteiger partial charge in [0.25, 0.3) is 5.91 Å². The van der Waals surface area contributed by atoms with Crippen LogP contribution in [0.2, 0.25) is 5.02 Å². The number of hydrogen-bond donors (Lipinski definition) is 0. The Bertz CT molecular complexity index is 1700. The molecule has 5 rings (SSSR count). The molecule has 0 aliphatic carbocycles. The molecule has 0 fully saturated rings. The van der Waals surface area contributed by atoms with Crippen molar-refractivity contribution in [2.45, 2.75) is 12.8 Å². The third-order valence-corrected chi connectivity index (χ3v) is 7.23. The lowest BCUT2D eigenvalue weighted by Crippen LogP contribution is -2.19. The average molecular weight is 549 g/mol. The Hall–Kier alpha value is -3.94. The molecule has 5 aromatic rings. The van der Waals surface area contributed by atoms with Crippen molar-refractivity contribution in [1.82, 2.24) is 4.57 Å². The minimum absolute atomic E-state index is 0.0371. The predicted molar refractivity (Wildman–Crippen MR) is 145 cm³/mol. The maximum absolute atomic E-state index is 14.9. The zero-order valence-electron chi connectivity index (χ0n) is 20.0. The second-order valence-electron chi connectivity index (χ2n) is 8.62. The number of amides is 1. The van der Waals surface area contributed by atoms with E-state index in [0.717, 1.165) is 29.0 Å². The minimum atomic E-state index is -0.806. The summed E-state index contributed by atoms with van der Waals surface area (Å²) >= 11 is 7.16. The Balaban J connectivity index is 1.56. The highest BCUT2D eigenvalue weighted by Gasteiger charge is 2.20. The SMILES string of the molecule is CC(C(=O)N=c1scc(-c2ccc(Cl)cc2)n1-c1ccc(F)cc1F)c1ccc(-c2ccccc2)c(F)c1. The molecule has 8 heteroatoms. The quantitative estimate of drug-likeness (QED) is 0.218. The van der Waals surface area contributed by atoms with Crippen molar-refractivity contribution in [3.8, 4) is 28.1 Å². The lowest BCUT2D eigenvalue weighted by molar-refractivity contribution is -0.119. The molecule has 1 heterocycles. The summed E-state index contributed by atoms with van der Waals surface area (Å²) in [7, 11) is 0. The predicted octanol–water partition coefficient (Wildman–Crippen LogP) is 8.17. The highest BCUT2D eigenvalue weighted by atomic mass is 35.5. The second-order valence-corrected chi connectivity index (χ2v) is 9.89. The molecule has 1 atom stereocenters. The van der Waals surface area contributed by atoms with Crippen LogP contribution in [0.4, 0.5) is 13.2 Å². The fourth-order valence-corrected chi connectivity index (χ4v) is 5.12. The molecule has 0 saturated carbocycles. The van der Waals surface area contributed by atoms with E-state index in [4.69, 9.17) is 11.6 Å². The molecular weight excluding hydrogens is 529 g/mol. The highest BCUT2D eigenvalue weighted by molar-refractivity contribution is 7.07. The number of rotatable bonds is 5. The summed E-state index contributed by atoms with van der Waals surface area (Å²) in [6.07, 6.45) is 0. The van der Waals surface area contributed by atoms with Gasteiger partial charge in [0.2, 0.25) is 0 Å². The van der Waals surface area contributed by atoms with Crippen molar-refractivity contribution >= 4 is 28.8 Å². The first-order valence-electron chi connectivity index (χ1n) is 11.7. The monoisotopic (exact) mass is 548 g/mol. The number of halogens is 4. The van der Waals surface area contributed by atoms with Crippen molar-refractivity contribution in [2.75, 3.05) is 0 Å². The summed E-state index contributed by atoms with van der Waals surface area (Å²) in [5.41, 5.74) is 2.92. The van der Waals surface area contributed by atoms with E-state index >= 15 is 0 Å². The first-order chi connectivity index (χ1) is 18.3. The molecule has 0 N–H and O–H groups in total. The molecule has 0 saturated heterocycles. The Morgan fingerprint density at radius 1 is 0.868 bits per heavy atom. The minimum Gasteiger partial charge on any atom is -0.282 e. The zero-order chi connectivity index (χ0) is 26.8. The van der Waals surface area contributed by atoms with Crippen LogP contribution in [0, 0.1) is 17.5 Å². The van der Waals surface area contributed by atoms with Gasteiger partial charge in [-0.25, -0.2) is 13.2 Å². The van der Waals surface area contributed by atoms with Gasteiger partial charge in [-0.2, -0.15) is 4.99 Å². The molecule has 0 aliphatic heterocycles. The first kappa shape index (κ1) is 25.7. The van der Waals surface area contributed by atoms with E-state index in [1.807, 2.05) is 30.3 Å². The first-order valence-corrected chi connectivity index (χ1v) is 12.9. The van der Waals surface area contributed by atoms with Crippen LogP contribution in [-0.2, 0) is 4.79 Å². The Morgan fingerprint density at radius 2 is 1.61 bits per heavy atom. The number of hydrogen-bond acceptors (Lipinski definition) is 2. The van der Waals surface area contributed by atoms with Crippen LogP contribution in [0.3, 0.4) is 0 Å². The second kappa shape index (κ2) is 10.8. The Labute approximate surface area is 226 Å².